The molecule has 1 atom stereocenters. The molecule has 0 N–H and O–H groups in total. The second kappa shape index (κ2) is 4.75. The van der Waals surface area contributed by atoms with Gasteiger partial charge in [-0.2, -0.15) is 0 Å². The first-order valence-electron chi connectivity index (χ1n) is 5.25. The van der Waals surface area contributed by atoms with Crippen molar-refractivity contribution in [1.82, 2.24) is 4.90 Å². The molecule has 0 bridgehead atoms. The van der Waals surface area contributed by atoms with Crippen LogP contribution in [0.15, 0.2) is 16.5 Å². The summed E-state index contributed by atoms with van der Waals surface area (Å²) >= 11 is 5.97. The highest BCUT2D eigenvalue weighted by Crippen LogP contribution is 2.21. The van der Waals surface area contributed by atoms with Crippen LogP contribution >= 0.6 is 11.6 Å². The number of amides is 1. The fraction of sp³-hybridized carbons (Fsp3) is 0.500. The van der Waals surface area contributed by atoms with Crippen molar-refractivity contribution in [3.63, 3.8) is 0 Å². The Labute approximate surface area is 102 Å². The molecule has 0 aromatic carbocycles. The normalized spacial score (nSPS) is 20.3. The summed E-state index contributed by atoms with van der Waals surface area (Å²) < 4.78 is 4.86. The standard InChI is InChI=1S/C10H11ClN2O4/c11-7-2-1-5-12(6-7)10(14)8-3-4-9(17-8)13(15)16/h3-4,7H,1-2,5-6H2. The molecule has 1 aromatic rings. The topological polar surface area (TPSA) is 76.6 Å². The fourth-order valence-electron chi connectivity index (χ4n) is 1.81. The van der Waals surface area contributed by atoms with Gasteiger partial charge in [0.2, 0.25) is 0 Å². The van der Waals surface area contributed by atoms with Crippen LogP contribution in [-0.4, -0.2) is 34.2 Å². The lowest BCUT2D eigenvalue weighted by atomic mass is 10.1. The summed E-state index contributed by atoms with van der Waals surface area (Å²) in [6.07, 6.45) is 1.71. The monoisotopic (exact) mass is 258 g/mol. The van der Waals surface area contributed by atoms with Crippen LogP contribution in [0.25, 0.3) is 0 Å². The number of nitro groups is 1. The molecule has 7 heteroatoms. The summed E-state index contributed by atoms with van der Waals surface area (Å²) in [4.78, 5) is 23.3. The number of carbonyl (C=O) groups is 1. The molecule has 1 aromatic heterocycles. The number of nitrogens with zero attached hydrogens (tertiary/aromatic N) is 2. The van der Waals surface area contributed by atoms with Crippen LogP contribution in [-0.2, 0) is 0 Å². The smallest absolute Gasteiger partial charge is 0.395 e. The molecule has 1 aliphatic heterocycles. The van der Waals surface area contributed by atoms with E-state index < -0.39 is 10.8 Å². The maximum atomic E-state index is 11.9. The Morgan fingerprint density at radius 2 is 2.35 bits per heavy atom. The van der Waals surface area contributed by atoms with Gasteiger partial charge in [-0.15, -0.1) is 11.6 Å². The Balaban J connectivity index is 2.10. The van der Waals surface area contributed by atoms with E-state index in [9.17, 15) is 14.9 Å². The summed E-state index contributed by atoms with van der Waals surface area (Å²) in [5, 5.41) is 10.4. The van der Waals surface area contributed by atoms with Crippen molar-refractivity contribution >= 4 is 23.4 Å². The number of rotatable bonds is 2. The van der Waals surface area contributed by atoms with Crippen LogP contribution in [0.4, 0.5) is 5.88 Å². The summed E-state index contributed by atoms with van der Waals surface area (Å²) in [6.45, 7) is 1.06. The van der Waals surface area contributed by atoms with Crippen molar-refractivity contribution in [3.8, 4) is 0 Å². The van der Waals surface area contributed by atoms with E-state index in [1.807, 2.05) is 0 Å². The van der Waals surface area contributed by atoms with E-state index in [1.54, 1.807) is 4.90 Å². The Hall–Kier alpha value is -1.56. The third-order valence-corrected chi connectivity index (χ3v) is 2.99. The number of carbonyl (C=O) groups excluding carboxylic acids is 1. The van der Waals surface area contributed by atoms with Gasteiger partial charge < -0.3 is 9.32 Å². The maximum Gasteiger partial charge on any atom is 0.433 e. The summed E-state index contributed by atoms with van der Waals surface area (Å²) in [6, 6.07) is 2.49. The van der Waals surface area contributed by atoms with Gasteiger partial charge in [0, 0.05) is 13.1 Å². The van der Waals surface area contributed by atoms with Gasteiger partial charge in [0.25, 0.3) is 5.91 Å². The number of likely N-dealkylation sites (tertiary alicyclic amines) is 1. The molecule has 6 nitrogen and oxygen atoms in total. The highest BCUT2D eigenvalue weighted by molar-refractivity contribution is 6.21. The van der Waals surface area contributed by atoms with Crippen LogP contribution < -0.4 is 0 Å². The van der Waals surface area contributed by atoms with Crippen molar-refractivity contribution in [2.24, 2.45) is 0 Å². The minimum absolute atomic E-state index is 0.0116. The maximum absolute atomic E-state index is 11.9. The molecule has 2 heterocycles. The van der Waals surface area contributed by atoms with Crippen molar-refractivity contribution in [2.45, 2.75) is 18.2 Å². The van der Waals surface area contributed by atoms with E-state index in [0.29, 0.717) is 13.1 Å². The molecule has 0 saturated carbocycles. The highest BCUT2D eigenvalue weighted by atomic mass is 35.5. The third-order valence-electron chi connectivity index (χ3n) is 2.63. The molecule has 1 aliphatic rings. The minimum atomic E-state index is -0.669. The quantitative estimate of drug-likeness (QED) is 0.462. The van der Waals surface area contributed by atoms with Crippen LogP contribution in [0.5, 0.6) is 0 Å². The van der Waals surface area contributed by atoms with Gasteiger partial charge in [-0.3, -0.25) is 14.9 Å². The molecular formula is C10H11ClN2O4. The van der Waals surface area contributed by atoms with Crippen LogP contribution in [0.2, 0.25) is 0 Å². The van der Waals surface area contributed by atoms with Gasteiger partial charge in [-0.05, 0) is 18.9 Å². The summed E-state index contributed by atoms with van der Waals surface area (Å²) in [5.41, 5.74) is 0. The number of halogens is 1. The molecule has 1 amide bonds. The zero-order chi connectivity index (χ0) is 12.4. The van der Waals surface area contributed by atoms with Crippen molar-refractivity contribution < 1.29 is 14.1 Å². The van der Waals surface area contributed by atoms with Gasteiger partial charge in [-0.25, -0.2) is 0 Å². The van der Waals surface area contributed by atoms with Gasteiger partial charge in [0.1, 0.15) is 4.92 Å². The van der Waals surface area contributed by atoms with E-state index in [-0.39, 0.29) is 17.0 Å². The Morgan fingerprint density at radius 1 is 1.59 bits per heavy atom. The van der Waals surface area contributed by atoms with E-state index in [1.165, 1.54) is 12.1 Å². The second-order valence-corrected chi connectivity index (χ2v) is 4.50. The Kier molecular flexibility index (Phi) is 3.33. The zero-order valence-electron chi connectivity index (χ0n) is 8.97. The fourth-order valence-corrected chi connectivity index (χ4v) is 2.13. The number of furan rings is 1. The molecule has 0 aliphatic carbocycles. The first kappa shape index (κ1) is 11.9. The molecule has 1 fully saturated rings. The Morgan fingerprint density at radius 3 is 2.94 bits per heavy atom. The molecular weight excluding hydrogens is 248 g/mol. The van der Waals surface area contributed by atoms with Crippen LogP contribution in [0.1, 0.15) is 23.4 Å². The lowest BCUT2D eigenvalue weighted by Crippen LogP contribution is -2.40. The molecule has 0 spiro atoms. The predicted octanol–water partition coefficient (Wildman–Crippen LogP) is 2.03. The zero-order valence-corrected chi connectivity index (χ0v) is 9.72. The Bertz CT molecular complexity index is 445. The highest BCUT2D eigenvalue weighted by Gasteiger charge is 2.26. The molecule has 1 saturated heterocycles. The molecule has 92 valence electrons. The van der Waals surface area contributed by atoms with Crippen LogP contribution in [0.3, 0.4) is 0 Å². The predicted molar refractivity (Wildman–Crippen MR) is 60.1 cm³/mol. The van der Waals surface area contributed by atoms with Gasteiger partial charge in [0.05, 0.1) is 11.4 Å². The van der Waals surface area contributed by atoms with Crippen molar-refractivity contribution in [3.05, 3.63) is 28.0 Å². The van der Waals surface area contributed by atoms with Crippen molar-refractivity contribution in [2.75, 3.05) is 13.1 Å². The van der Waals surface area contributed by atoms with E-state index in [4.69, 9.17) is 16.0 Å². The number of alkyl halides is 1. The molecule has 0 radical (unpaired) electrons. The first-order chi connectivity index (χ1) is 8.08. The minimum Gasteiger partial charge on any atom is -0.395 e. The van der Waals surface area contributed by atoms with Crippen LogP contribution in [0, 0.1) is 10.1 Å². The first-order valence-corrected chi connectivity index (χ1v) is 5.69. The summed E-state index contributed by atoms with van der Waals surface area (Å²) in [7, 11) is 0. The van der Waals surface area contributed by atoms with Crippen molar-refractivity contribution in [1.29, 1.82) is 0 Å². The summed E-state index contributed by atoms with van der Waals surface area (Å²) in [5.74, 6) is -0.779. The lowest BCUT2D eigenvalue weighted by molar-refractivity contribution is -0.402. The third kappa shape index (κ3) is 2.58. The lowest BCUT2D eigenvalue weighted by Gasteiger charge is -2.28. The second-order valence-electron chi connectivity index (χ2n) is 3.89. The van der Waals surface area contributed by atoms with E-state index in [0.717, 1.165) is 12.8 Å². The molecule has 1 unspecified atom stereocenters. The van der Waals surface area contributed by atoms with E-state index in [2.05, 4.69) is 0 Å². The van der Waals surface area contributed by atoms with E-state index >= 15 is 0 Å². The average Bonchev–Trinajstić information content (AvgIpc) is 2.77. The number of piperidine rings is 1. The molecule has 2 rings (SSSR count). The molecule has 17 heavy (non-hydrogen) atoms. The van der Waals surface area contributed by atoms with Gasteiger partial charge in [0.15, 0.2) is 5.76 Å². The van der Waals surface area contributed by atoms with Gasteiger partial charge >= 0.3 is 5.88 Å². The number of hydrogen-bond donors (Lipinski definition) is 0. The number of hydrogen-bond acceptors (Lipinski definition) is 4. The van der Waals surface area contributed by atoms with Gasteiger partial charge in [-0.1, -0.05) is 0 Å². The largest absolute Gasteiger partial charge is 0.433 e. The average molecular weight is 259 g/mol. The SMILES string of the molecule is O=C(c1ccc([N+](=O)[O-])o1)N1CCCC(Cl)C1.